The van der Waals surface area contributed by atoms with Gasteiger partial charge in [-0.25, -0.2) is 8.78 Å². The lowest BCUT2D eigenvalue weighted by atomic mass is 10.3. The summed E-state index contributed by atoms with van der Waals surface area (Å²) >= 11 is 3.12. The molecule has 0 N–H and O–H groups in total. The molecule has 0 amide bonds. The van der Waals surface area contributed by atoms with Crippen molar-refractivity contribution in [2.75, 3.05) is 0 Å². The Hall–Kier alpha value is -1.31. The first-order valence-corrected chi connectivity index (χ1v) is 6.03. The summed E-state index contributed by atoms with van der Waals surface area (Å²) in [6, 6.07) is -0.394. The van der Waals surface area contributed by atoms with Crippen molar-refractivity contribution in [2.45, 2.75) is 33.2 Å². The number of rotatable bonds is 3. The lowest BCUT2D eigenvalue weighted by Crippen LogP contribution is -2.11. The first-order valence-electron chi connectivity index (χ1n) is 5.24. The van der Waals surface area contributed by atoms with Gasteiger partial charge in [-0.1, -0.05) is 0 Å². The minimum atomic E-state index is -2.63. The second kappa shape index (κ2) is 4.75. The zero-order valence-electron chi connectivity index (χ0n) is 9.99. The van der Waals surface area contributed by atoms with Gasteiger partial charge in [0.05, 0.1) is 10.2 Å². The molecule has 0 aromatic carbocycles. The fourth-order valence-electron chi connectivity index (χ4n) is 1.62. The molecule has 2 aromatic rings. The van der Waals surface area contributed by atoms with Crippen LogP contribution in [0.1, 0.15) is 42.6 Å². The van der Waals surface area contributed by atoms with Crippen molar-refractivity contribution in [1.82, 2.24) is 20.0 Å². The molecule has 2 rings (SSSR count). The van der Waals surface area contributed by atoms with Crippen LogP contribution in [-0.4, -0.2) is 20.0 Å². The van der Waals surface area contributed by atoms with Gasteiger partial charge < -0.3 is 4.42 Å². The molecule has 0 aliphatic carbocycles. The third kappa shape index (κ3) is 2.16. The van der Waals surface area contributed by atoms with E-state index in [-0.39, 0.29) is 5.69 Å². The number of nitrogens with zero attached hydrogens (tertiary/aromatic N) is 4. The van der Waals surface area contributed by atoms with Gasteiger partial charge in [-0.15, -0.1) is 10.2 Å². The highest BCUT2D eigenvalue weighted by Gasteiger charge is 2.25. The van der Waals surface area contributed by atoms with E-state index in [0.717, 1.165) is 0 Å². The lowest BCUT2D eigenvalue weighted by Gasteiger charge is -2.09. The molecule has 0 aliphatic heterocycles. The summed E-state index contributed by atoms with van der Waals surface area (Å²) in [6.07, 6.45) is -2.63. The highest BCUT2D eigenvalue weighted by atomic mass is 79.9. The van der Waals surface area contributed by atoms with Gasteiger partial charge >= 0.3 is 0 Å². The number of hydrogen-bond acceptors (Lipinski definition) is 4. The molecule has 0 saturated carbocycles. The van der Waals surface area contributed by atoms with Crippen molar-refractivity contribution in [3.63, 3.8) is 0 Å². The van der Waals surface area contributed by atoms with Crippen molar-refractivity contribution >= 4 is 15.9 Å². The molecular weight excluding hydrogens is 310 g/mol. The quantitative estimate of drug-likeness (QED) is 0.871. The average Bonchev–Trinajstić information content (AvgIpc) is 2.85. The van der Waals surface area contributed by atoms with Crippen LogP contribution in [0.2, 0.25) is 0 Å². The molecule has 0 radical (unpaired) electrons. The minimum absolute atomic E-state index is 0.282. The molecule has 1 atom stereocenters. The molecule has 0 saturated heterocycles. The summed E-state index contributed by atoms with van der Waals surface area (Å²) in [5.41, 5.74) is 0.309. The molecule has 0 spiro atoms. The predicted molar refractivity (Wildman–Crippen MR) is 62.5 cm³/mol. The topological polar surface area (TPSA) is 56.7 Å². The van der Waals surface area contributed by atoms with Gasteiger partial charge in [0.15, 0.2) is 0 Å². The molecule has 1 unspecified atom stereocenters. The van der Waals surface area contributed by atoms with Crippen LogP contribution in [0.4, 0.5) is 8.78 Å². The number of aryl methyl sites for hydroxylation is 1. The molecule has 0 fully saturated rings. The summed E-state index contributed by atoms with van der Waals surface area (Å²) in [5, 5.41) is 11.5. The summed E-state index contributed by atoms with van der Waals surface area (Å²) in [6.45, 7) is 5.12. The Kier molecular flexibility index (Phi) is 3.47. The molecule has 8 heteroatoms. The molecule has 5 nitrogen and oxygen atoms in total. The first kappa shape index (κ1) is 13.1. The maximum absolute atomic E-state index is 12.7. The van der Waals surface area contributed by atoms with Crippen LogP contribution >= 0.6 is 15.9 Å². The maximum Gasteiger partial charge on any atom is 0.283 e. The normalized spacial score (nSPS) is 13.3. The van der Waals surface area contributed by atoms with Gasteiger partial charge in [0.1, 0.15) is 11.7 Å². The summed E-state index contributed by atoms with van der Waals surface area (Å²) in [4.78, 5) is 0. The standard InChI is InChI=1S/C10H11BrF2N4O/c1-4-7(11)8(9(12)13)16-17(4)5(2)10-15-14-6(3)18-10/h5,9H,1-3H3. The Bertz CT molecular complexity index is 566. The van der Waals surface area contributed by atoms with Gasteiger partial charge in [0.25, 0.3) is 6.43 Å². The minimum Gasteiger partial charge on any atom is -0.423 e. The monoisotopic (exact) mass is 320 g/mol. The highest BCUT2D eigenvalue weighted by Crippen LogP contribution is 2.31. The Morgan fingerprint density at radius 1 is 1.28 bits per heavy atom. The molecule has 98 valence electrons. The molecule has 2 heterocycles. The maximum atomic E-state index is 12.7. The number of halogens is 3. The van der Waals surface area contributed by atoms with Gasteiger partial charge in [-0.3, -0.25) is 4.68 Å². The van der Waals surface area contributed by atoms with Crippen molar-refractivity contribution in [1.29, 1.82) is 0 Å². The van der Waals surface area contributed by atoms with Crippen molar-refractivity contribution in [2.24, 2.45) is 0 Å². The predicted octanol–water partition coefficient (Wildman–Crippen LogP) is 3.19. The van der Waals surface area contributed by atoms with E-state index in [9.17, 15) is 8.78 Å². The highest BCUT2D eigenvalue weighted by molar-refractivity contribution is 9.10. The van der Waals surface area contributed by atoms with Gasteiger partial charge in [-0.2, -0.15) is 5.10 Å². The molecular formula is C10H11BrF2N4O. The van der Waals surface area contributed by atoms with E-state index in [1.807, 2.05) is 0 Å². The van der Waals surface area contributed by atoms with Crippen LogP contribution in [0, 0.1) is 13.8 Å². The Labute approximate surface area is 110 Å². The number of alkyl halides is 2. The Morgan fingerprint density at radius 3 is 2.39 bits per heavy atom. The summed E-state index contributed by atoms with van der Waals surface area (Å²) < 4.78 is 32.5. The second-order valence-corrected chi connectivity index (χ2v) is 4.66. The first-order chi connectivity index (χ1) is 8.41. The van der Waals surface area contributed by atoms with Crippen LogP contribution in [0.3, 0.4) is 0 Å². The van der Waals surface area contributed by atoms with Crippen LogP contribution in [0.25, 0.3) is 0 Å². The Balaban J connectivity index is 2.42. The van der Waals surface area contributed by atoms with Gasteiger partial charge in [0, 0.05) is 6.92 Å². The largest absolute Gasteiger partial charge is 0.423 e. The number of hydrogen-bond donors (Lipinski definition) is 0. The van der Waals surface area contributed by atoms with Crippen LogP contribution in [-0.2, 0) is 0 Å². The smallest absolute Gasteiger partial charge is 0.283 e. The van der Waals surface area contributed by atoms with E-state index >= 15 is 0 Å². The zero-order valence-corrected chi connectivity index (χ0v) is 11.6. The van der Waals surface area contributed by atoms with Crippen LogP contribution in [0.5, 0.6) is 0 Å². The number of aromatic nitrogens is 4. The molecule has 2 aromatic heterocycles. The fourth-order valence-corrected chi connectivity index (χ4v) is 2.06. The molecule has 0 aliphatic rings. The second-order valence-electron chi connectivity index (χ2n) is 3.87. The van der Waals surface area contributed by atoms with E-state index in [1.165, 1.54) is 4.68 Å². The van der Waals surface area contributed by atoms with Gasteiger partial charge in [-0.05, 0) is 29.8 Å². The van der Waals surface area contributed by atoms with E-state index in [0.29, 0.717) is 21.9 Å². The zero-order chi connectivity index (χ0) is 13.4. The third-order valence-corrected chi connectivity index (χ3v) is 3.55. The molecule has 0 bridgehead atoms. The van der Waals surface area contributed by atoms with E-state index < -0.39 is 12.5 Å². The fraction of sp³-hybridized carbons (Fsp3) is 0.500. The van der Waals surface area contributed by atoms with Crippen LogP contribution < -0.4 is 0 Å². The summed E-state index contributed by atoms with van der Waals surface area (Å²) in [7, 11) is 0. The van der Waals surface area contributed by atoms with Crippen molar-refractivity contribution in [3.05, 3.63) is 27.6 Å². The average molecular weight is 321 g/mol. The van der Waals surface area contributed by atoms with Crippen LogP contribution in [0.15, 0.2) is 8.89 Å². The van der Waals surface area contributed by atoms with Crippen molar-refractivity contribution < 1.29 is 13.2 Å². The van der Waals surface area contributed by atoms with E-state index in [4.69, 9.17) is 4.42 Å². The Morgan fingerprint density at radius 2 is 1.94 bits per heavy atom. The van der Waals surface area contributed by atoms with E-state index in [1.54, 1.807) is 20.8 Å². The summed E-state index contributed by atoms with van der Waals surface area (Å²) in [5.74, 6) is 0.765. The lowest BCUT2D eigenvalue weighted by molar-refractivity contribution is 0.144. The third-order valence-electron chi connectivity index (χ3n) is 2.57. The SMILES string of the molecule is Cc1nnc(C(C)n2nc(C(F)F)c(Br)c2C)o1. The van der Waals surface area contributed by atoms with Crippen molar-refractivity contribution in [3.8, 4) is 0 Å². The van der Waals surface area contributed by atoms with Gasteiger partial charge in [0.2, 0.25) is 11.8 Å². The van der Waals surface area contributed by atoms with E-state index in [2.05, 4.69) is 31.2 Å². The molecule has 18 heavy (non-hydrogen) atoms.